The summed E-state index contributed by atoms with van der Waals surface area (Å²) in [6.45, 7) is 5.74. The topological polar surface area (TPSA) is 99.0 Å². The highest BCUT2D eigenvalue weighted by molar-refractivity contribution is 6.02. The normalized spacial score (nSPS) is 16.1. The van der Waals surface area contributed by atoms with Crippen molar-refractivity contribution in [1.29, 1.82) is 0 Å². The summed E-state index contributed by atoms with van der Waals surface area (Å²) in [6, 6.07) is 11.5. The lowest BCUT2D eigenvalue weighted by atomic mass is 9.98. The molecule has 0 aliphatic carbocycles. The van der Waals surface area contributed by atoms with Crippen LogP contribution in [0.15, 0.2) is 42.6 Å². The first-order valence-corrected chi connectivity index (χ1v) is 10.7. The Morgan fingerprint density at radius 2 is 1.97 bits per heavy atom. The third kappa shape index (κ3) is 4.38. The number of hydrogen-bond acceptors (Lipinski definition) is 5. The van der Waals surface area contributed by atoms with Crippen LogP contribution in [0.3, 0.4) is 0 Å². The number of Topliss-reactive ketones (excluding diaryl/α,β-unsaturated/α-hetero) is 1. The number of nitrogens with zero attached hydrogens (tertiary/aromatic N) is 5. The van der Waals surface area contributed by atoms with Crippen molar-refractivity contribution in [1.82, 2.24) is 24.5 Å². The van der Waals surface area contributed by atoms with Crippen LogP contribution in [-0.4, -0.2) is 49.2 Å². The van der Waals surface area contributed by atoms with E-state index in [1.807, 2.05) is 54.9 Å². The Bertz CT molecular complexity index is 1080. The molecule has 0 spiro atoms. The van der Waals surface area contributed by atoms with Crippen molar-refractivity contribution in [2.75, 3.05) is 18.8 Å². The molecule has 1 aliphatic rings. The van der Waals surface area contributed by atoms with E-state index >= 15 is 0 Å². The molecule has 1 fully saturated rings. The minimum atomic E-state index is -0.240. The second-order valence-electron chi connectivity index (χ2n) is 8.13. The maximum atomic E-state index is 13.0. The van der Waals surface area contributed by atoms with E-state index in [0.717, 1.165) is 30.0 Å². The van der Waals surface area contributed by atoms with E-state index in [2.05, 4.69) is 10.2 Å². The van der Waals surface area contributed by atoms with Crippen molar-refractivity contribution in [2.24, 2.45) is 5.92 Å². The van der Waals surface area contributed by atoms with E-state index in [1.165, 1.54) is 6.20 Å². The second-order valence-corrected chi connectivity index (χ2v) is 8.13. The van der Waals surface area contributed by atoms with Gasteiger partial charge in [0.05, 0.1) is 23.1 Å². The summed E-state index contributed by atoms with van der Waals surface area (Å²) in [7, 11) is 0. The summed E-state index contributed by atoms with van der Waals surface area (Å²) >= 11 is 0. The fourth-order valence-electron chi connectivity index (χ4n) is 4.18. The SMILES string of the molecule is Cc1cc(C)n(CCCC(=O)N2CCC(C(=O)c3cnn(-c4ccccc4)c3N)C2)n1. The summed E-state index contributed by atoms with van der Waals surface area (Å²) in [5.41, 5.74) is 9.55. The molecule has 1 amide bonds. The van der Waals surface area contributed by atoms with Gasteiger partial charge in [0.25, 0.3) is 0 Å². The number of amides is 1. The van der Waals surface area contributed by atoms with Crippen molar-refractivity contribution < 1.29 is 9.59 Å². The molecule has 0 bridgehead atoms. The van der Waals surface area contributed by atoms with Crippen molar-refractivity contribution >= 4 is 17.5 Å². The highest BCUT2D eigenvalue weighted by Gasteiger charge is 2.33. The van der Waals surface area contributed by atoms with Crippen LogP contribution in [0.4, 0.5) is 5.82 Å². The first-order chi connectivity index (χ1) is 14.9. The number of rotatable bonds is 7. The quantitative estimate of drug-likeness (QED) is 0.593. The fraction of sp³-hybridized carbons (Fsp3) is 0.391. The Balaban J connectivity index is 1.33. The van der Waals surface area contributed by atoms with E-state index in [9.17, 15) is 9.59 Å². The summed E-state index contributed by atoms with van der Waals surface area (Å²) in [4.78, 5) is 27.5. The lowest BCUT2D eigenvalue weighted by Crippen LogP contribution is -2.30. The number of benzene rings is 1. The molecule has 1 aliphatic heterocycles. The van der Waals surface area contributed by atoms with Gasteiger partial charge in [0.1, 0.15) is 5.82 Å². The Kier molecular flexibility index (Phi) is 5.88. The maximum absolute atomic E-state index is 13.0. The number of carbonyl (C=O) groups excluding carboxylic acids is 2. The molecule has 8 heteroatoms. The van der Waals surface area contributed by atoms with Gasteiger partial charge in [-0.1, -0.05) is 18.2 Å². The van der Waals surface area contributed by atoms with Gasteiger partial charge in [-0.25, -0.2) is 4.68 Å². The standard InChI is InChI=1S/C23H28N6O2/c1-16-13-17(2)28(26-16)11-6-9-21(30)27-12-10-18(15-27)22(31)20-14-25-29(23(20)24)19-7-4-3-5-8-19/h3-5,7-8,13-14,18H,6,9-12,15,24H2,1-2H3. The van der Waals surface area contributed by atoms with Gasteiger partial charge in [-0.3, -0.25) is 14.3 Å². The Labute approximate surface area is 181 Å². The summed E-state index contributed by atoms with van der Waals surface area (Å²) in [5.74, 6) is 0.143. The minimum absolute atomic E-state index is 0.0439. The number of likely N-dealkylation sites (tertiary alicyclic amines) is 1. The number of carbonyl (C=O) groups is 2. The van der Waals surface area contributed by atoms with Gasteiger partial charge >= 0.3 is 0 Å². The number of aryl methyl sites for hydroxylation is 3. The van der Waals surface area contributed by atoms with Gasteiger partial charge in [0, 0.05) is 37.7 Å². The molecule has 4 rings (SSSR count). The molecule has 0 saturated carbocycles. The predicted octanol–water partition coefficient (Wildman–Crippen LogP) is 2.78. The molecule has 1 aromatic carbocycles. The van der Waals surface area contributed by atoms with Gasteiger partial charge in [-0.15, -0.1) is 0 Å². The van der Waals surface area contributed by atoms with Crippen LogP contribution in [0.1, 0.15) is 41.0 Å². The van der Waals surface area contributed by atoms with E-state index in [0.29, 0.717) is 37.3 Å². The number of anilines is 1. The molecule has 1 unspecified atom stereocenters. The molecule has 0 radical (unpaired) electrons. The molecular weight excluding hydrogens is 392 g/mol. The van der Waals surface area contributed by atoms with Crippen molar-refractivity contribution in [3.8, 4) is 5.69 Å². The average Bonchev–Trinajstić information content (AvgIpc) is 3.47. The minimum Gasteiger partial charge on any atom is -0.383 e. The first-order valence-electron chi connectivity index (χ1n) is 10.7. The lowest BCUT2D eigenvalue weighted by Gasteiger charge is -2.16. The molecule has 31 heavy (non-hydrogen) atoms. The third-order valence-electron chi connectivity index (χ3n) is 5.85. The predicted molar refractivity (Wildman–Crippen MR) is 118 cm³/mol. The molecular formula is C23H28N6O2. The van der Waals surface area contributed by atoms with Crippen LogP contribution < -0.4 is 5.73 Å². The summed E-state index contributed by atoms with van der Waals surface area (Å²) in [5, 5.41) is 8.73. The van der Waals surface area contributed by atoms with Crippen LogP contribution in [0.5, 0.6) is 0 Å². The number of nitrogens with two attached hydrogens (primary N) is 1. The largest absolute Gasteiger partial charge is 0.383 e. The number of ketones is 1. The zero-order chi connectivity index (χ0) is 22.0. The van der Waals surface area contributed by atoms with E-state index in [1.54, 1.807) is 9.58 Å². The molecule has 2 aromatic heterocycles. The highest BCUT2D eigenvalue weighted by Crippen LogP contribution is 2.26. The number of aromatic nitrogens is 4. The molecule has 8 nitrogen and oxygen atoms in total. The van der Waals surface area contributed by atoms with Crippen LogP contribution in [0.25, 0.3) is 5.69 Å². The monoisotopic (exact) mass is 420 g/mol. The van der Waals surface area contributed by atoms with Crippen molar-refractivity contribution in [3.63, 3.8) is 0 Å². The number of nitrogen functional groups attached to an aromatic ring is 1. The van der Waals surface area contributed by atoms with Crippen LogP contribution in [0, 0.1) is 19.8 Å². The highest BCUT2D eigenvalue weighted by atomic mass is 16.2. The first kappa shape index (κ1) is 20.8. The smallest absolute Gasteiger partial charge is 0.222 e. The van der Waals surface area contributed by atoms with Gasteiger partial charge < -0.3 is 10.6 Å². The zero-order valence-electron chi connectivity index (χ0n) is 18.0. The van der Waals surface area contributed by atoms with Crippen molar-refractivity contribution in [3.05, 3.63) is 59.5 Å². The third-order valence-corrected chi connectivity index (χ3v) is 5.85. The average molecular weight is 421 g/mol. The lowest BCUT2D eigenvalue weighted by molar-refractivity contribution is -0.130. The summed E-state index contributed by atoms with van der Waals surface area (Å²) < 4.78 is 3.51. The van der Waals surface area contributed by atoms with Crippen molar-refractivity contribution in [2.45, 2.75) is 39.7 Å². The van der Waals surface area contributed by atoms with Crippen LogP contribution in [-0.2, 0) is 11.3 Å². The molecule has 1 atom stereocenters. The molecule has 3 heterocycles. The Morgan fingerprint density at radius 1 is 1.19 bits per heavy atom. The number of hydrogen-bond donors (Lipinski definition) is 1. The van der Waals surface area contributed by atoms with Gasteiger partial charge in [-0.2, -0.15) is 10.2 Å². The Morgan fingerprint density at radius 3 is 2.68 bits per heavy atom. The fourth-order valence-corrected chi connectivity index (χ4v) is 4.18. The van der Waals surface area contributed by atoms with E-state index < -0.39 is 0 Å². The van der Waals surface area contributed by atoms with Gasteiger partial charge in [0.15, 0.2) is 5.78 Å². The molecule has 3 aromatic rings. The maximum Gasteiger partial charge on any atom is 0.222 e. The van der Waals surface area contributed by atoms with E-state index in [-0.39, 0.29) is 17.6 Å². The van der Waals surface area contributed by atoms with E-state index in [4.69, 9.17) is 5.73 Å². The Hall–Kier alpha value is -3.42. The summed E-state index contributed by atoms with van der Waals surface area (Å²) in [6.07, 6.45) is 3.36. The molecule has 162 valence electrons. The van der Waals surface area contributed by atoms with Crippen LogP contribution in [0.2, 0.25) is 0 Å². The van der Waals surface area contributed by atoms with Gasteiger partial charge in [-0.05, 0) is 44.9 Å². The van der Waals surface area contributed by atoms with Crippen LogP contribution >= 0.6 is 0 Å². The zero-order valence-corrected chi connectivity index (χ0v) is 18.0. The molecule has 2 N–H and O–H groups in total. The second kappa shape index (κ2) is 8.75. The molecule has 1 saturated heterocycles. The van der Waals surface area contributed by atoms with Gasteiger partial charge in [0.2, 0.25) is 5.91 Å². The number of para-hydroxylation sites is 1.